The van der Waals surface area contributed by atoms with E-state index in [4.69, 9.17) is 0 Å². The standard InChI is InChI=1S/C19H26FN5/c20-16-11-9-15(10-12-16)18(24-13-5-2-6-14-24)19-21-22-23-25(19)17-7-3-1-4-8-17/h9-12,17-18H,1-8,13-14H2/t18-/m1/s1. The molecule has 1 aromatic carbocycles. The van der Waals surface area contributed by atoms with E-state index in [2.05, 4.69) is 25.1 Å². The summed E-state index contributed by atoms with van der Waals surface area (Å²) in [6, 6.07) is 7.26. The van der Waals surface area contributed by atoms with Crippen molar-refractivity contribution < 1.29 is 4.39 Å². The van der Waals surface area contributed by atoms with Crippen LogP contribution in [0.5, 0.6) is 0 Å². The lowest BCUT2D eigenvalue weighted by Gasteiger charge is -2.35. The molecule has 5 nitrogen and oxygen atoms in total. The van der Waals surface area contributed by atoms with Crippen LogP contribution in [-0.2, 0) is 0 Å². The van der Waals surface area contributed by atoms with Crippen LogP contribution in [-0.4, -0.2) is 38.2 Å². The molecule has 134 valence electrons. The summed E-state index contributed by atoms with van der Waals surface area (Å²) in [6.45, 7) is 2.08. The number of hydrogen-bond acceptors (Lipinski definition) is 4. The molecular weight excluding hydrogens is 317 g/mol. The quantitative estimate of drug-likeness (QED) is 0.845. The molecule has 4 rings (SSSR count). The highest BCUT2D eigenvalue weighted by Crippen LogP contribution is 2.34. The van der Waals surface area contributed by atoms with Crippen LogP contribution in [0, 0.1) is 5.82 Å². The molecule has 0 amide bonds. The second-order valence-electron chi connectivity index (χ2n) is 7.32. The molecule has 0 unspecified atom stereocenters. The molecule has 1 aromatic heterocycles. The maximum atomic E-state index is 13.4. The van der Waals surface area contributed by atoms with Gasteiger partial charge in [-0.1, -0.05) is 37.8 Å². The average Bonchev–Trinajstić information content (AvgIpc) is 3.14. The van der Waals surface area contributed by atoms with Gasteiger partial charge in [-0.3, -0.25) is 4.90 Å². The lowest BCUT2D eigenvalue weighted by atomic mass is 9.94. The summed E-state index contributed by atoms with van der Waals surface area (Å²) in [6.07, 6.45) is 9.76. The molecule has 6 heteroatoms. The van der Waals surface area contributed by atoms with E-state index in [0.29, 0.717) is 6.04 Å². The van der Waals surface area contributed by atoms with E-state index >= 15 is 0 Å². The molecule has 1 aliphatic heterocycles. The van der Waals surface area contributed by atoms with E-state index < -0.39 is 0 Å². The first-order valence-corrected chi connectivity index (χ1v) is 9.60. The Morgan fingerprint density at radius 2 is 1.60 bits per heavy atom. The minimum atomic E-state index is -0.201. The molecule has 1 atom stereocenters. The fourth-order valence-corrected chi connectivity index (χ4v) is 4.31. The van der Waals surface area contributed by atoms with Crippen LogP contribution in [0.2, 0.25) is 0 Å². The molecule has 0 N–H and O–H groups in total. The molecule has 0 radical (unpaired) electrons. The first-order valence-electron chi connectivity index (χ1n) is 9.60. The summed E-state index contributed by atoms with van der Waals surface area (Å²) < 4.78 is 15.5. The van der Waals surface area contributed by atoms with Crippen molar-refractivity contribution in [3.8, 4) is 0 Å². The summed E-state index contributed by atoms with van der Waals surface area (Å²) in [5, 5.41) is 12.8. The van der Waals surface area contributed by atoms with E-state index in [1.54, 1.807) is 12.1 Å². The summed E-state index contributed by atoms with van der Waals surface area (Å²) in [5.41, 5.74) is 1.08. The topological polar surface area (TPSA) is 46.8 Å². The minimum absolute atomic E-state index is 0.0119. The van der Waals surface area contributed by atoms with Crippen LogP contribution >= 0.6 is 0 Å². The highest BCUT2D eigenvalue weighted by molar-refractivity contribution is 5.25. The van der Waals surface area contributed by atoms with Crippen molar-refractivity contribution in [3.63, 3.8) is 0 Å². The van der Waals surface area contributed by atoms with Crippen LogP contribution < -0.4 is 0 Å². The van der Waals surface area contributed by atoms with E-state index in [1.807, 2.05) is 12.1 Å². The van der Waals surface area contributed by atoms with E-state index in [9.17, 15) is 4.39 Å². The number of nitrogens with zero attached hydrogens (tertiary/aromatic N) is 5. The van der Waals surface area contributed by atoms with Crippen molar-refractivity contribution in [2.45, 2.75) is 63.5 Å². The van der Waals surface area contributed by atoms with E-state index in [0.717, 1.165) is 37.3 Å². The van der Waals surface area contributed by atoms with Gasteiger partial charge in [0.05, 0.1) is 12.1 Å². The van der Waals surface area contributed by atoms with E-state index in [-0.39, 0.29) is 11.9 Å². The van der Waals surface area contributed by atoms with Crippen molar-refractivity contribution >= 4 is 0 Å². The summed E-state index contributed by atoms with van der Waals surface area (Å²) >= 11 is 0. The van der Waals surface area contributed by atoms with Crippen molar-refractivity contribution in [2.75, 3.05) is 13.1 Å². The van der Waals surface area contributed by atoms with Crippen LogP contribution in [0.15, 0.2) is 24.3 Å². The molecule has 2 fully saturated rings. The Hall–Kier alpha value is -1.82. The van der Waals surface area contributed by atoms with E-state index in [1.165, 1.54) is 38.5 Å². The van der Waals surface area contributed by atoms with Gasteiger partial charge >= 0.3 is 0 Å². The maximum absolute atomic E-state index is 13.4. The highest BCUT2D eigenvalue weighted by atomic mass is 19.1. The minimum Gasteiger partial charge on any atom is -0.290 e. The largest absolute Gasteiger partial charge is 0.290 e. The van der Waals surface area contributed by atoms with Gasteiger partial charge in [0.2, 0.25) is 0 Å². The zero-order chi connectivity index (χ0) is 17.1. The highest BCUT2D eigenvalue weighted by Gasteiger charge is 2.31. The van der Waals surface area contributed by atoms with Crippen molar-refractivity contribution in [1.29, 1.82) is 0 Å². The monoisotopic (exact) mass is 343 g/mol. The average molecular weight is 343 g/mol. The van der Waals surface area contributed by atoms with Crippen molar-refractivity contribution in [3.05, 3.63) is 41.5 Å². The fraction of sp³-hybridized carbons (Fsp3) is 0.632. The van der Waals surface area contributed by atoms with Gasteiger partial charge in [0.1, 0.15) is 5.82 Å². The normalized spacial score (nSPS) is 21.3. The third kappa shape index (κ3) is 3.59. The van der Waals surface area contributed by atoms with Gasteiger partial charge in [0.15, 0.2) is 5.82 Å². The third-order valence-corrected chi connectivity index (χ3v) is 5.62. The Labute approximate surface area is 148 Å². The van der Waals surface area contributed by atoms with Crippen molar-refractivity contribution in [2.24, 2.45) is 0 Å². The number of piperidine rings is 1. The Kier molecular flexibility index (Phi) is 5.06. The lowest BCUT2D eigenvalue weighted by molar-refractivity contribution is 0.172. The summed E-state index contributed by atoms with van der Waals surface area (Å²) in [7, 11) is 0. The maximum Gasteiger partial charge on any atom is 0.173 e. The number of rotatable bonds is 4. The van der Waals surface area contributed by atoms with Crippen LogP contribution in [0.1, 0.15) is 74.8 Å². The van der Waals surface area contributed by atoms with Gasteiger partial charge in [0, 0.05) is 0 Å². The molecule has 25 heavy (non-hydrogen) atoms. The first-order chi connectivity index (χ1) is 12.3. The second kappa shape index (κ2) is 7.60. The lowest BCUT2D eigenvalue weighted by Crippen LogP contribution is -2.36. The van der Waals surface area contributed by atoms with Crippen LogP contribution in [0.25, 0.3) is 0 Å². The Morgan fingerprint density at radius 1 is 0.920 bits per heavy atom. The molecule has 0 bridgehead atoms. The molecule has 2 aromatic rings. The number of tetrazole rings is 1. The second-order valence-corrected chi connectivity index (χ2v) is 7.32. The van der Waals surface area contributed by atoms with Gasteiger partial charge in [-0.2, -0.15) is 0 Å². The molecule has 1 saturated heterocycles. The predicted octanol–water partition coefficient (Wildman–Crippen LogP) is 3.89. The first kappa shape index (κ1) is 16.6. The Morgan fingerprint density at radius 3 is 2.32 bits per heavy atom. The number of hydrogen-bond donors (Lipinski definition) is 0. The predicted molar refractivity (Wildman–Crippen MR) is 93.6 cm³/mol. The van der Waals surface area contributed by atoms with Gasteiger partial charge < -0.3 is 0 Å². The van der Waals surface area contributed by atoms with Crippen LogP contribution in [0.3, 0.4) is 0 Å². The van der Waals surface area contributed by atoms with Crippen molar-refractivity contribution in [1.82, 2.24) is 25.1 Å². The molecular formula is C19H26FN5. The van der Waals surface area contributed by atoms with Gasteiger partial charge in [0.25, 0.3) is 0 Å². The molecule has 0 spiro atoms. The Balaban J connectivity index is 1.70. The molecule has 1 saturated carbocycles. The summed E-state index contributed by atoms with van der Waals surface area (Å²) in [5.74, 6) is 0.716. The van der Waals surface area contributed by atoms with Crippen LogP contribution in [0.4, 0.5) is 4.39 Å². The van der Waals surface area contributed by atoms with Gasteiger partial charge in [-0.15, -0.1) is 5.10 Å². The summed E-state index contributed by atoms with van der Waals surface area (Å²) in [4.78, 5) is 2.46. The molecule has 2 heterocycles. The molecule has 1 aliphatic carbocycles. The number of halogens is 1. The Bertz CT molecular complexity index is 671. The zero-order valence-electron chi connectivity index (χ0n) is 14.6. The van der Waals surface area contributed by atoms with Gasteiger partial charge in [-0.25, -0.2) is 9.07 Å². The third-order valence-electron chi connectivity index (χ3n) is 5.62. The SMILES string of the molecule is Fc1ccc([C@H](c2nnnn2C2CCCCC2)N2CCCCC2)cc1. The fourth-order valence-electron chi connectivity index (χ4n) is 4.31. The number of aromatic nitrogens is 4. The smallest absolute Gasteiger partial charge is 0.173 e. The zero-order valence-corrected chi connectivity index (χ0v) is 14.6. The molecule has 2 aliphatic rings. The van der Waals surface area contributed by atoms with Gasteiger partial charge in [-0.05, 0) is 66.9 Å². The number of likely N-dealkylation sites (tertiary alicyclic amines) is 1. The number of benzene rings is 1.